The number of terminal acetylenes is 2. The van der Waals surface area contributed by atoms with Crippen molar-refractivity contribution in [3.63, 3.8) is 0 Å². The predicted molar refractivity (Wildman–Crippen MR) is 130 cm³/mol. The molecule has 0 aliphatic rings. The molecule has 0 spiro atoms. The summed E-state index contributed by atoms with van der Waals surface area (Å²) in [4.78, 5) is 13.1. The lowest BCUT2D eigenvalue weighted by atomic mass is 10.1. The lowest BCUT2D eigenvalue weighted by Crippen LogP contribution is -2.36. The average molecular weight is 478 g/mol. The number of amides is 1. The molecule has 1 N–H and O–H groups in total. The average Bonchev–Trinajstić information content (AvgIpc) is 3.39. The Morgan fingerprint density at radius 3 is 2.50 bits per heavy atom. The maximum atomic E-state index is 13.1. The summed E-state index contributed by atoms with van der Waals surface area (Å²) >= 11 is 5.98. The molecule has 2 unspecified atom stereocenters. The van der Waals surface area contributed by atoms with Crippen molar-refractivity contribution in [3.8, 4) is 36.2 Å². The lowest BCUT2D eigenvalue weighted by molar-refractivity contribution is -0.132. The van der Waals surface area contributed by atoms with Crippen molar-refractivity contribution in [2.24, 2.45) is 0 Å². The summed E-state index contributed by atoms with van der Waals surface area (Å²) in [6.45, 7) is 0.343. The Kier molecular flexibility index (Phi) is 8.99. The fraction of sp³-hybridized carbons (Fsp3) is 0.231. The van der Waals surface area contributed by atoms with Crippen molar-refractivity contribution in [2.45, 2.75) is 12.1 Å². The largest absolute Gasteiger partial charge is 0.493 e. The van der Waals surface area contributed by atoms with Crippen LogP contribution in [0, 0.1) is 24.7 Å². The predicted octanol–water partition coefficient (Wildman–Crippen LogP) is 3.65. The molecule has 174 valence electrons. The first-order valence-electron chi connectivity index (χ1n) is 10.4. The van der Waals surface area contributed by atoms with Gasteiger partial charge in [-0.25, -0.2) is 0 Å². The minimum Gasteiger partial charge on any atom is -0.493 e. The number of hydrogen-bond donors (Lipinski definition) is 1. The summed E-state index contributed by atoms with van der Waals surface area (Å²) in [6, 6.07) is 13.8. The maximum Gasteiger partial charge on any atom is 0.253 e. The van der Waals surface area contributed by atoms with E-state index in [4.69, 9.17) is 38.7 Å². The van der Waals surface area contributed by atoms with Crippen molar-refractivity contribution in [3.05, 3.63) is 77.1 Å². The molecule has 34 heavy (non-hydrogen) atoms. The van der Waals surface area contributed by atoms with Gasteiger partial charge in [0.2, 0.25) is 0 Å². The van der Waals surface area contributed by atoms with Gasteiger partial charge in [-0.2, -0.15) is 5.10 Å². The van der Waals surface area contributed by atoms with Gasteiger partial charge < -0.3 is 19.5 Å². The number of ether oxygens (including phenoxy) is 3. The van der Waals surface area contributed by atoms with E-state index in [-0.39, 0.29) is 31.7 Å². The second kappa shape index (κ2) is 12.4. The molecule has 0 aliphatic carbocycles. The first-order valence-corrected chi connectivity index (χ1v) is 10.8. The number of methoxy groups -OCH3 is 1. The molecule has 8 heteroatoms. The van der Waals surface area contributed by atoms with Crippen LogP contribution in [-0.4, -0.2) is 42.6 Å². The summed E-state index contributed by atoms with van der Waals surface area (Å²) in [5.74, 6) is 5.54. The zero-order valence-electron chi connectivity index (χ0n) is 18.6. The Morgan fingerprint density at radius 2 is 1.85 bits per heavy atom. The fourth-order valence-corrected chi connectivity index (χ4v) is 3.47. The number of carbonyl (C=O) groups is 1. The second-order valence-electron chi connectivity index (χ2n) is 7.10. The van der Waals surface area contributed by atoms with E-state index in [0.717, 1.165) is 5.56 Å². The maximum absolute atomic E-state index is 13.1. The van der Waals surface area contributed by atoms with Crippen LogP contribution in [0.3, 0.4) is 0 Å². The van der Waals surface area contributed by atoms with E-state index < -0.39 is 6.10 Å². The Balaban J connectivity index is 1.83. The zero-order chi connectivity index (χ0) is 24.3. The van der Waals surface area contributed by atoms with Crippen LogP contribution in [0.15, 0.2) is 60.9 Å². The number of halogens is 1. The van der Waals surface area contributed by atoms with Crippen molar-refractivity contribution < 1.29 is 19.0 Å². The Hall–Kier alpha value is -3.91. The Labute approximate surface area is 204 Å². The van der Waals surface area contributed by atoms with Crippen LogP contribution in [0.1, 0.15) is 23.3 Å². The highest BCUT2D eigenvalue weighted by atomic mass is 35.5. The summed E-state index contributed by atoms with van der Waals surface area (Å²) in [5.41, 5.74) is 1.49. The fourth-order valence-electron chi connectivity index (χ4n) is 3.34. The SMILES string of the molecule is C#CCOc1ccc(C(CNC(=O)C(OCC#C)c2ccc(Cl)cc2)n2cccn2)cc1OC. The topological polar surface area (TPSA) is 74.6 Å². The van der Waals surface area contributed by atoms with Crippen LogP contribution in [0.25, 0.3) is 0 Å². The molecule has 7 nitrogen and oxygen atoms in total. The number of nitrogens with one attached hydrogen (secondary N) is 1. The van der Waals surface area contributed by atoms with E-state index in [9.17, 15) is 4.79 Å². The van der Waals surface area contributed by atoms with Crippen molar-refractivity contribution >= 4 is 17.5 Å². The van der Waals surface area contributed by atoms with E-state index in [0.29, 0.717) is 22.1 Å². The lowest BCUT2D eigenvalue weighted by Gasteiger charge is -2.22. The zero-order valence-corrected chi connectivity index (χ0v) is 19.4. The molecule has 0 fully saturated rings. The van der Waals surface area contributed by atoms with Gasteiger partial charge in [0.15, 0.2) is 17.6 Å². The van der Waals surface area contributed by atoms with Crippen LogP contribution in [0.5, 0.6) is 11.5 Å². The number of benzene rings is 2. The van der Waals surface area contributed by atoms with Gasteiger partial charge in [-0.1, -0.05) is 41.6 Å². The van der Waals surface area contributed by atoms with Crippen molar-refractivity contribution in [1.29, 1.82) is 0 Å². The van der Waals surface area contributed by atoms with E-state index in [1.807, 2.05) is 24.4 Å². The molecule has 3 aromatic rings. The van der Waals surface area contributed by atoms with Crippen molar-refractivity contribution in [1.82, 2.24) is 15.1 Å². The first kappa shape index (κ1) is 24.7. The Morgan fingerprint density at radius 1 is 1.12 bits per heavy atom. The smallest absolute Gasteiger partial charge is 0.253 e. The van der Waals surface area contributed by atoms with Crippen LogP contribution in [0.4, 0.5) is 0 Å². The molecule has 3 rings (SSSR count). The molecule has 0 radical (unpaired) electrons. The highest BCUT2D eigenvalue weighted by Gasteiger charge is 2.24. The number of rotatable bonds is 11. The number of aromatic nitrogens is 2. The molecule has 2 aromatic carbocycles. The van der Waals surface area contributed by atoms with Crippen LogP contribution in [-0.2, 0) is 9.53 Å². The number of hydrogen-bond acceptors (Lipinski definition) is 5. The van der Waals surface area contributed by atoms with Gasteiger partial charge in [-0.15, -0.1) is 12.8 Å². The summed E-state index contributed by atoms with van der Waals surface area (Å²) < 4.78 is 18.4. The van der Waals surface area contributed by atoms with E-state index in [1.54, 1.807) is 48.3 Å². The minimum atomic E-state index is -0.888. The molecule has 2 atom stereocenters. The standard InChI is InChI=1S/C26H24ClN3O4/c1-4-15-33-23-12-9-20(17-24(23)32-3)22(30-14-6-13-29-30)18-28-26(31)25(34-16-5-2)19-7-10-21(27)11-8-19/h1-2,6-14,17,22,25H,15-16,18H2,3H3,(H,28,31). The van der Waals surface area contributed by atoms with Gasteiger partial charge in [0.1, 0.15) is 13.2 Å². The molecule has 1 heterocycles. The van der Waals surface area contributed by atoms with Gasteiger partial charge in [0.05, 0.1) is 13.2 Å². The number of carbonyl (C=O) groups excluding carboxylic acids is 1. The van der Waals surface area contributed by atoms with Crippen LogP contribution in [0.2, 0.25) is 5.02 Å². The molecule has 1 amide bonds. The van der Waals surface area contributed by atoms with Crippen molar-refractivity contribution in [2.75, 3.05) is 26.9 Å². The third-order valence-electron chi connectivity index (χ3n) is 4.94. The van der Waals surface area contributed by atoms with E-state index in [2.05, 4.69) is 22.3 Å². The second-order valence-corrected chi connectivity index (χ2v) is 7.53. The molecule has 1 aromatic heterocycles. The van der Waals surface area contributed by atoms with Gasteiger partial charge in [0, 0.05) is 24.0 Å². The Bertz CT molecular complexity index is 1160. The van der Waals surface area contributed by atoms with Crippen LogP contribution < -0.4 is 14.8 Å². The summed E-state index contributed by atoms with van der Waals surface area (Å²) in [7, 11) is 1.55. The van der Waals surface area contributed by atoms with Gasteiger partial charge in [0.25, 0.3) is 5.91 Å². The third-order valence-corrected chi connectivity index (χ3v) is 5.19. The molecule has 0 bridgehead atoms. The summed E-state index contributed by atoms with van der Waals surface area (Å²) in [6.07, 6.45) is 13.2. The molecule has 0 saturated heterocycles. The third kappa shape index (κ3) is 6.32. The van der Waals surface area contributed by atoms with E-state index >= 15 is 0 Å². The monoisotopic (exact) mass is 477 g/mol. The number of nitrogens with zero attached hydrogens (tertiary/aromatic N) is 2. The summed E-state index contributed by atoms with van der Waals surface area (Å²) in [5, 5.41) is 7.87. The molecular formula is C26H24ClN3O4. The van der Waals surface area contributed by atoms with E-state index in [1.165, 1.54) is 0 Å². The minimum absolute atomic E-state index is 0.0143. The van der Waals surface area contributed by atoms with Gasteiger partial charge in [-0.3, -0.25) is 9.48 Å². The first-order chi connectivity index (χ1) is 16.6. The van der Waals surface area contributed by atoms with Gasteiger partial charge in [-0.05, 0) is 41.5 Å². The molecular weight excluding hydrogens is 454 g/mol. The quantitative estimate of drug-likeness (QED) is 0.427. The van der Waals surface area contributed by atoms with Gasteiger partial charge >= 0.3 is 0 Å². The molecule has 0 saturated carbocycles. The highest BCUT2D eigenvalue weighted by molar-refractivity contribution is 6.30. The molecule has 0 aliphatic heterocycles. The normalized spacial score (nSPS) is 12.1. The van der Waals surface area contributed by atoms with Crippen LogP contribution >= 0.6 is 11.6 Å². The highest BCUT2D eigenvalue weighted by Crippen LogP contribution is 2.31.